The van der Waals surface area contributed by atoms with E-state index in [2.05, 4.69) is 27.9 Å². The Hall–Kier alpha value is -2.56. The zero-order chi connectivity index (χ0) is 18.5. The van der Waals surface area contributed by atoms with Crippen LogP contribution in [0.1, 0.15) is 5.76 Å². The first-order valence-electron chi connectivity index (χ1n) is 7.59. The van der Waals surface area contributed by atoms with Crippen molar-refractivity contribution in [1.29, 1.82) is 5.26 Å². The van der Waals surface area contributed by atoms with Crippen LogP contribution < -0.4 is 5.32 Å². The molecule has 0 unspecified atom stereocenters. The lowest BCUT2D eigenvalue weighted by molar-refractivity contribution is -0.112. The number of nitriles is 1. The zero-order valence-electron chi connectivity index (χ0n) is 13.4. The Labute approximate surface area is 169 Å². The Balaban J connectivity index is 1.78. The molecule has 26 heavy (non-hydrogen) atoms. The molecule has 4 nitrogen and oxygen atoms in total. The van der Waals surface area contributed by atoms with E-state index in [9.17, 15) is 10.1 Å². The highest BCUT2D eigenvalue weighted by molar-refractivity contribution is 14.1. The normalized spacial score (nSPS) is 11.0. The van der Waals surface area contributed by atoms with Crippen LogP contribution in [0.2, 0.25) is 5.02 Å². The number of amides is 1. The number of hydrogen-bond donors (Lipinski definition) is 1. The van der Waals surface area contributed by atoms with E-state index < -0.39 is 5.91 Å². The van der Waals surface area contributed by atoms with E-state index >= 15 is 0 Å². The molecular weight excluding hydrogens is 463 g/mol. The molecule has 3 aromatic rings. The molecule has 0 aliphatic rings. The van der Waals surface area contributed by atoms with Gasteiger partial charge < -0.3 is 9.73 Å². The molecular formula is C20H12ClIN2O2. The van der Waals surface area contributed by atoms with E-state index in [4.69, 9.17) is 16.0 Å². The highest BCUT2D eigenvalue weighted by Crippen LogP contribution is 2.25. The zero-order valence-corrected chi connectivity index (χ0v) is 16.3. The summed E-state index contributed by atoms with van der Waals surface area (Å²) in [6, 6.07) is 19.9. The summed E-state index contributed by atoms with van der Waals surface area (Å²) in [7, 11) is 0. The van der Waals surface area contributed by atoms with Gasteiger partial charge in [0.15, 0.2) is 0 Å². The van der Waals surface area contributed by atoms with Crippen molar-refractivity contribution >= 4 is 51.9 Å². The molecule has 0 radical (unpaired) electrons. The van der Waals surface area contributed by atoms with E-state index in [-0.39, 0.29) is 5.57 Å². The van der Waals surface area contributed by atoms with Crippen LogP contribution in [-0.4, -0.2) is 5.91 Å². The number of nitrogens with one attached hydrogen (secondary N) is 1. The molecule has 0 fully saturated rings. The van der Waals surface area contributed by atoms with Gasteiger partial charge in [-0.25, -0.2) is 0 Å². The highest BCUT2D eigenvalue weighted by atomic mass is 127. The third-order valence-corrected chi connectivity index (χ3v) is 4.48. The van der Waals surface area contributed by atoms with Crippen molar-refractivity contribution in [2.75, 3.05) is 5.32 Å². The molecule has 0 aliphatic heterocycles. The summed E-state index contributed by atoms with van der Waals surface area (Å²) >= 11 is 8.06. The van der Waals surface area contributed by atoms with Crippen LogP contribution in [0.25, 0.3) is 17.4 Å². The van der Waals surface area contributed by atoms with E-state index in [1.807, 2.05) is 30.3 Å². The number of furan rings is 1. The molecule has 128 valence electrons. The average molecular weight is 475 g/mol. The maximum atomic E-state index is 12.3. The second-order valence-electron chi connectivity index (χ2n) is 5.34. The fourth-order valence-electron chi connectivity index (χ4n) is 2.22. The minimum absolute atomic E-state index is 0.0412. The molecule has 0 aliphatic carbocycles. The summed E-state index contributed by atoms with van der Waals surface area (Å²) in [5, 5.41) is 12.6. The first-order chi connectivity index (χ1) is 12.5. The number of benzene rings is 2. The smallest absolute Gasteiger partial charge is 0.266 e. The predicted molar refractivity (Wildman–Crippen MR) is 111 cm³/mol. The molecule has 2 aromatic carbocycles. The first kappa shape index (κ1) is 18.2. The number of anilines is 1. The largest absolute Gasteiger partial charge is 0.457 e. The van der Waals surface area contributed by atoms with Gasteiger partial charge in [-0.15, -0.1) is 0 Å². The van der Waals surface area contributed by atoms with Crippen LogP contribution in [0.5, 0.6) is 0 Å². The number of halogens is 2. The molecule has 0 bridgehead atoms. The van der Waals surface area contributed by atoms with Gasteiger partial charge in [-0.3, -0.25) is 4.79 Å². The summed E-state index contributed by atoms with van der Waals surface area (Å²) in [5.41, 5.74) is 1.44. The van der Waals surface area contributed by atoms with Gasteiger partial charge in [0.2, 0.25) is 0 Å². The standard InChI is InChI=1S/C20H12ClIN2O2/c21-15-3-1-13(2-4-15)19-10-9-18(26-19)11-14(12-23)20(25)24-17-7-5-16(22)6-8-17/h1-11H,(H,24,25)/b14-11-. The van der Waals surface area contributed by atoms with Crippen molar-refractivity contribution in [3.05, 3.63) is 80.6 Å². The van der Waals surface area contributed by atoms with Crippen LogP contribution in [0.4, 0.5) is 5.69 Å². The maximum Gasteiger partial charge on any atom is 0.266 e. The van der Waals surface area contributed by atoms with Gasteiger partial charge >= 0.3 is 0 Å². The first-order valence-corrected chi connectivity index (χ1v) is 9.05. The van der Waals surface area contributed by atoms with Gasteiger partial charge in [-0.05, 0) is 83.3 Å². The van der Waals surface area contributed by atoms with Crippen molar-refractivity contribution in [3.63, 3.8) is 0 Å². The lowest BCUT2D eigenvalue weighted by Crippen LogP contribution is -2.13. The molecule has 0 spiro atoms. The molecule has 0 saturated heterocycles. The number of carbonyl (C=O) groups excluding carboxylic acids is 1. The molecule has 3 rings (SSSR count). The second kappa shape index (κ2) is 8.21. The van der Waals surface area contributed by atoms with Crippen molar-refractivity contribution in [3.8, 4) is 17.4 Å². The highest BCUT2D eigenvalue weighted by Gasteiger charge is 2.11. The third-order valence-electron chi connectivity index (χ3n) is 3.51. The number of carbonyl (C=O) groups is 1. The predicted octanol–water partition coefficient (Wildman–Crippen LogP) is 5.75. The van der Waals surface area contributed by atoms with E-state index in [1.54, 1.807) is 36.4 Å². The topological polar surface area (TPSA) is 66.0 Å². The van der Waals surface area contributed by atoms with Crippen molar-refractivity contribution in [2.45, 2.75) is 0 Å². The van der Waals surface area contributed by atoms with Gasteiger partial charge in [0.05, 0.1) is 0 Å². The van der Waals surface area contributed by atoms with Gasteiger partial charge in [-0.1, -0.05) is 11.6 Å². The minimum atomic E-state index is -0.488. The molecule has 0 saturated carbocycles. The van der Waals surface area contributed by atoms with Crippen LogP contribution in [0, 0.1) is 14.9 Å². The van der Waals surface area contributed by atoms with Crippen LogP contribution in [0.3, 0.4) is 0 Å². The Kier molecular flexibility index (Phi) is 5.76. The molecule has 1 heterocycles. The van der Waals surface area contributed by atoms with Gasteiger partial charge in [-0.2, -0.15) is 5.26 Å². The lowest BCUT2D eigenvalue weighted by Gasteiger charge is -2.03. The van der Waals surface area contributed by atoms with E-state index in [1.165, 1.54) is 6.08 Å². The fraction of sp³-hybridized carbons (Fsp3) is 0. The molecule has 1 N–H and O–H groups in total. The second-order valence-corrected chi connectivity index (χ2v) is 7.02. The maximum absolute atomic E-state index is 12.3. The summed E-state index contributed by atoms with van der Waals surface area (Å²) < 4.78 is 6.76. The number of rotatable bonds is 4. The Morgan fingerprint density at radius 1 is 1.08 bits per heavy atom. The van der Waals surface area contributed by atoms with Gasteiger partial charge in [0.25, 0.3) is 5.91 Å². The Bertz CT molecular complexity index is 1000. The Morgan fingerprint density at radius 3 is 2.42 bits per heavy atom. The average Bonchev–Trinajstić information content (AvgIpc) is 3.11. The Morgan fingerprint density at radius 2 is 1.77 bits per heavy atom. The molecule has 1 amide bonds. The van der Waals surface area contributed by atoms with E-state index in [0.29, 0.717) is 22.2 Å². The van der Waals surface area contributed by atoms with Crippen LogP contribution in [0.15, 0.2) is 70.7 Å². The van der Waals surface area contributed by atoms with Crippen molar-refractivity contribution in [1.82, 2.24) is 0 Å². The van der Waals surface area contributed by atoms with Crippen LogP contribution in [-0.2, 0) is 4.79 Å². The van der Waals surface area contributed by atoms with Crippen LogP contribution >= 0.6 is 34.2 Å². The lowest BCUT2D eigenvalue weighted by atomic mass is 10.2. The van der Waals surface area contributed by atoms with Gasteiger partial charge in [0, 0.05) is 25.9 Å². The number of hydrogen-bond acceptors (Lipinski definition) is 3. The summed E-state index contributed by atoms with van der Waals surface area (Å²) in [5.74, 6) is 0.561. The van der Waals surface area contributed by atoms with E-state index in [0.717, 1.165) is 9.13 Å². The summed E-state index contributed by atoms with van der Waals surface area (Å²) in [4.78, 5) is 12.3. The summed E-state index contributed by atoms with van der Waals surface area (Å²) in [6.45, 7) is 0. The molecule has 6 heteroatoms. The quantitative estimate of drug-likeness (QED) is 0.297. The van der Waals surface area contributed by atoms with Crippen molar-refractivity contribution in [2.24, 2.45) is 0 Å². The van der Waals surface area contributed by atoms with Gasteiger partial charge in [0.1, 0.15) is 23.2 Å². The monoisotopic (exact) mass is 474 g/mol. The fourth-order valence-corrected chi connectivity index (χ4v) is 2.71. The summed E-state index contributed by atoms with van der Waals surface area (Å²) in [6.07, 6.45) is 1.42. The van der Waals surface area contributed by atoms with Crippen molar-refractivity contribution < 1.29 is 9.21 Å². The third kappa shape index (κ3) is 4.54. The molecule has 0 atom stereocenters. The minimum Gasteiger partial charge on any atom is -0.457 e. The molecule has 1 aromatic heterocycles. The number of nitrogens with zero attached hydrogens (tertiary/aromatic N) is 1. The SMILES string of the molecule is N#C/C(=C/c1ccc(-c2ccc(Cl)cc2)o1)C(=O)Nc1ccc(I)cc1.